The molecule has 2 nitrogen and oxygen atoms in total. The van der Waals surface area contributed by atoms with Gasteiger partial charge in [0.05, 0.1) is 10.6 Å². The van der Waals surface area contributed by atoms with Crippen LogP contribution >= 0.6 is 39.1 Å². The largest absolute Gasteiger partial charge is 0.242 e. The molecule has 1 heterocycles. The van der Waals surface area contributed by atoms with Gasteiger partial charge in [-0.15, -0.1) is 0 Å². The summed E-state index contributed by atoms with van der Waals surface area (Å²) in [5, 5.41) is 9.68. The fraction of sp³-hybridized carbons (Fsp3) is 0. The van der Waals surface area contributed by atoms with E-state index in [4.69, 9.17) is 28.5 Å². The second-order valence-electron chi connectivity index (χ2n) is 3.24. The number of benzene rings is 1. The molecule has 0 aliphatic heterocycles. The monoisotopic (exact) mass is 326 g/mol. The zero-order valence-electron chi connectivity index (χ0n) is 8.42. The van der Waals surface area contributed by atoms with Gasteiger partial charge in [-0.3, -0.25) is 0 Å². The summed E-state index contributed by atoms with van der Waals surface area (Å²) < 4.78 is 0.848. The lowest BCUT2D eigenvalue weighted by Gasteiger charge is -2.09. The van der Waals surface area contributed by atoms with Crippen LogP contribution in [0.2, 0.25) is 10.2 Å². The Labute approximate surface area is 117 Å². The quantitative estimate of drug-likeness (QED) is 0.712. The average Bonchev–Trinajstić information content (AvgIpc) is 2.33. The molecule has 5 heteroatoms. The van der Waals surface area contributed by atoms with E-state index < -0.39 is 0 Å². The van der Waals surface area contributed by atoms with Crippen molar-refractivity contribution in [2.45, 2.75) is 0 Å². The van der Waals surface area contributed by atoms with Gasteiger partial charge in [0.1, 0.15) is 11.2 Å². The highest BCUT2D eigenvalue weighted by atomic mass is 79.9. The number of aromatic nitrogens is 1. The van der Waals surface area contributed by atoms with Crippen molar-refractivity contribution in [3.63, 3.8) is 0 Å². The Morgan fingerprint density at radius 3 is 2.59 bits per heavy atom. The van der Waals surface area contributed by atoms with E-state index in [0.29, 0.717) is 10.6 Å². The highest BCUT2D eigenvalue weighted by Crippen LogP contribution is 2.37. The molecule has 0 radical (unpaired) electrons. The third-order valence-electron chi connectivity index (χ3n) is 2.24. The maximum absolute atomic E-state index is 9.13. The minimum atomic E-state index is 0.155. The standard InChI is InChI=1S/C12H5BrCl2N2/c13-9-4-2-1-3-7(9)11-8(5-16)12(15)17-6-10(11)14/h1-4,6H. The Kier molecular flexibility index (Phi) is 3.68. The van der Waals surface area contributed by atoms with Gasteiger partial charge in [0.25, 0.3) is 0 Å². The van der Waals surface area contributed by atoms with Gasteiger partial charge >= 0.3 is 0 Å². The maximum atomic E-state index is 9.13. The Balaban J connectivity index is 2.81. The number of hydrogen-bond donors (Lipinski definition) is 0. The highest BCUT2D eigenvalue weighted by Gasteiger charge is 2.16. The van der Waals surface area contributed by atoms with Crippen LogP contribution in [-0.2, 0) is 0 Å². The second kappa shape index (κ2) is 5.05. The molecule has 17 heavy (non-hydrogen) atoms. The molecule has 84 valence electrons. The molecule has 0 aliphatic carbocycles. The molecule has 0 atom stereocenters. The van der Waals surface area contributed by atoms with Crippen molar-refractivity contribution >= 4 is 39.1 Å². The minimum absolute atomic E-state index is 0.155. The number of nitriles is 1. The van der Waals surface area contributed by atoms with E-state index in [9.17, 15) is 0 Å². The Morgan fingerprint density at radius 2 is 1.94 bits per heavy atom. The first kappa shape index (κ1) is 12.4. The summed E-state index contributed by atoms with van der Waals surface area (Å²) in [6.45, 7) is 0. The Bertz CT molecular complexity index is 620. The second-order valence-corrected chi connectivity index (χ2v) is 4.86. The molecule has 2 rings (SSSR count). The van der Waals surface area contributed by atoms with Crippen LogP contribution in [0.25, 0.3) is 11.1 Å². The Hall–Kier alpha value is -1.08. The molecule has 1 aromatic carbocycles. The molecule has 0 aliphatic rings. The van der Waals surface area contributed by atoms with Crippen molar-refractivity contribution in [3.05, 3.63) is 50.7 Å². The number of pyridine rings is 1. The van der Waals surface area contributed by atoms with Crippen molar-refractivity contribution in [2.75, 3.05) is 0 Å². The first-order valence-corrected chi connectivity index (χ1v) is 6.19. The summed E-state index contributed by atoms with van der Waals surface area (Å²) in [5.74, 6) is 0. The van der Waals surface area contributed by atoms with E-state index in [1.54, 1.807) is 0 Å². The van der Waals surface area contributed by atoms with Gasteiger partial charge in [0.2, 0.25) is 0 Å². The van der Waals surface area contributed by atoms with Crippen molar-refractivity contribution in [2.24, 2.45) is 0 Å². The third-order valence-corrected chi connectivity index (χ3v) is 3.51. The lowest BCUT2D eigenvalue weighted by Crippen LogP contribution is -1.91. The smallest absolute Gasteiger partial charge is 0.147 e. The van der Waals surface area contributed by atoms with E-state index in [2.05, 4.69) is 20.9 Å². The van der Waals surface area contributed by atoms with Crippen LogP contribution in [0, 0.1) is 11.3 Å². The molecule has 0 saturated heterocycles. The number of rotatable bonds is 1. The predicted molar refractivity (Wildman–Crippen MR) is 72.1 cm³/mol. The van der Waals surface area contributed by atoms with Crippen LogP contribution in [0.4, 0.5) is 0 Å². The summed E-state index contributed by atoms with van der Waals surface area (Å²) in [6, 6.07) is 9.52. The zero-order valence-corrected chi connectivity index (χ0v) is 11.5. The summed E-state index contributed by atoms with van der Waals surface area (Å²) >= 11 is 15.4. The number of hydrogen-bond acceptors (Lipinski definition) is 2. The van der Waals surface area contributed by atoms with Crippen LogP contribution < -0.4 is 0 Å². The molecule has 1 aromatic heterocycles. The van der Waals surface area contributed by atoms with Gasteiger partial charge in [-0.1, -0.05) is 57.3 Å². The first-order chi connectivity index (χ1) is 8.15. The molecular weight excluding hydrogens is 323 g/mol. The molecule has 0 unspecified atom stereocenters. The SMILES string of the molecule is N#Cc1c(Cl)ncc(Cl)c1-c1ccccc1Br. The lowest BCUT2D eigenvalue weighted by atomic mass is 10.0. The minimum Gasteiger partial charge on any atom is -0.242 e. The van der Waals surface area contributed by atoms with E-state index in [-0.39, 0.29) is 10.7 Å². The maximum Gasteiger partial charge on any atom is 0.147 e. The van der Waals surface area contributed by atoms with E-state index in [0.717, 1.165) is 10.0 Å². The van der Waals surface area contributed by atoms with E-state index >= 15 is 0 Å². The van der Waals surface area contributed by atoms with Crippen LogP contribution in [-0.4, -0.2) is 4.98 Å². The Morgan fingerprint density at radius 1 is 1.24 bits per heavy atom. The van der Waals surface area contributed by atoms with Crippen molar-refractivity contribution < 1.29 is 0 Å². The van der Waals surface area contributed by atoms with E-state index in [1.165, 1.54) is 6.20 Å². The first-order valence-electron chi connectivity index (χ1n) is 4.64. The van der Waals surface area contributed by atoms with Gasteiger partial charge < -0.3 is 0 Å². The van der Waals surface area contributed by atoms with Crippen LogP contribution in [0.15, 0.2) is 34.9 Å². The third kappa shape index (κ3) is 2.30. The summed E-state index contributed by atoms with van der Waals surface area (Å²) in [7, 11) is 0. The molecule has 0 fully saturated rings. The zero-order chi connectivity index (χ0) is 12.4. The van der Waals surface area contributed by atoms with Crippen molar-refractivity contribution in [3.8, 4) is 17.2 Å². The lowest BCUT2D eigenvalue weighted by molar-refractivity contribution is 1.30. The summed E-state index contributed by atoms with van der Waals surface area (Å²) in [6.07, 6.45) is 1.44. The molecule has 0 amide bonds. The van der Waals surface area contributed by atoms with Crippen molar-refractivity contribution in [1.82, 2.24) is 4.98 Å². The molecular formula is C12H5BrCl2N2. The van der Waals surface area contributed by atoms with Gasteiger partial charge in [-0.2, -0.15) is 5.26 Å². The summed E-state index contributed by atoms with van der Waals surface area (Å²) in [4.78, 5) is 3.86. The van der Waals surface area contributed by atoms with Crippen LogP contribution in [0.3, 0.4) is 0 Å². The van der Waals surface area contributed by atoms with Crippen LogP contribution in [0.1, 0.15) is 5.56 Å². The van der Waals surface area contributed by atoms with Gasteiger partial charge in [-0.25, -0.2) is 4.98 Å². The molecule has 0 saturated carbocycles. The van der Waals surface area contributed by atoms with Gasteiger partial charge in [0, 0.05) is 16.2 Å². The summed E-state index contributed by atoms with van der Waals surface area (Å²) in [5.41, 5.74) is 1.70. The topological polar surface area (TPSA) is 36.7 Å². The normalized spacial score (nSPS) is 10.0. The number of nitrogens with zero attached hydrogens (tertiary/aromatic N) is 2. The average molecular weight is 328 g/mol. The molecule has 0 N–H and O–H groups in total. The highest BCUT2D eigenvalue weighted by molar-refractivity contribution is 9.10. The fourth-order valence-electron chi connectivity index (χ4n) is 1.49. The van der Waals surface area contributed by atoms with E-state index in [1.807, 2.05) is 30.3 Å². The predicted octanol–water partition coefficient (Wildman–Crippen LogP) is 4.69. The van der Waals surface area contributed by atoms with Crippen molar-refractivity contribution in [1.29, 1.82) is 5.26 Å². The molecule has 2 aromatic rings. The fourth-order valence-corrected chi connectivity index (χ4v) is 2.41. The molecule has 0 bridgehead atoms. The number of halogens is 3. The molecule has 0 spiro atoms. The van der Waals surface area contributed by atoms with Gasteiger partial charge in [-0.05, 0) is 11.6 Å². The van der Waals surface area contributed by atoms with Gasteiger partial charge in [0.15, 0.2) is 0 Å². The van der Waals surface area contributed by atoms with Crippen LogP contribution in [0.5, 0.6) is 0 Å².